The zero-order chi connectivity index (χ0) is 10.3. The van der Waals surface area contributed by atoms with E-state index >= 15 is 0 Å². The normalized spacial score (nSPS) is 16.1. The van der Waals surface area contributed by atoms with Crippen LogP contribution in [0.5, 0.6) is 0 Å². The lowest BCUT2D eigenvalue weighted by Crippen LogP contribution is -2.14. The third-order valence-electron chi connectivity index (χ3n) is 3.15. The van der Waals surface area contributed by atoms with Crippen molar-refractivity contribution in [3.8, 4) is 0 Å². The number of hydrogen-bond donors (Lipinski definition) is 2. The molecule has 1 aliphatic rings. The summed E-state index contributed by atoms with van der Waals surface area (Å²) in [6.45, 7) is 3.17. The van der Waals surface area contributed by atoms with Crippen molar-refractivity contribution in [2.45, 2.75) is 32.4 Å². The van der Waals surface area contributed by atoms with E-state index in [9.17, 15) is 0 Å². The quantitative estimate of drug-likeness (QED) is 0.783. The highest BCUT2D eigenvalue weighted by Crippen LogP contribution is 2.24. The van der Waals surface area contributed by atoms with E-state index in [0.29, 0.717) is 0 Å². The summed E-state index contributed by atoms with van der Waals surface area (Å²) in [5.41, 5.74) is 4.01. The molecule has 0 atom stereocenters. The van der Waals surface area contributed by atoms with Gasteiger partial charge in [-0.2, -0.15) is 0 Å². The molecular formula is C13H16N2. The Bertz CT molecular complexity index is 480. The number of nitrogens with one attached hydrogen (secondary N) is 2. The Morgan fingerprint density at radius 1 is 1.40 bits per heavy atom. The lowest BCUT2D eigenvalue weighted by molar-refractivity contribution is 0.691. The summed E-state index contributed by atoms with van der Waals surface area (Å²) in [7, 11) is 0. The van der Waals surface area contributed by atoms with Crippen molar-refractivity contribution in [1.82, 2.24) is 10.3 Å². The molecule has 0 radical (unpaired) electrons. The number of fused-ring (bicyclic) bond motifs is 1. The monoisotopic (exact) mass is 200 g/mol. The smallest absolute Gasteiger partial charge is 0.0459 e. The van der Waals surface area contributed by atoms with Crippen LogP contribution < -0.4 is 5.32 Å². The van der Waals surface area contributed by atoms with Gasteiger partial charge in [-0.25, -0.2) is 0 Å². The number of H-pyrrole nitrogens is 1. The molecule has 78 valence electrons. The van der Waals surface area contributed by atoms with Gasteiger partial charge in [-0.15, -0.1) is 0 Å². The zero-order valence-electron chi connectivity index (χ0n) is 9.01. The fourth-order valence-electron chi connectivity index (χ4n) is 2.13. The Morgan fingerprint density at radius 2 is 2.27 bits per heavy atom. The fourth-order valence-corrected chi connectivity index (χ4v) is 2.13. The largest absolute Gasteiger partial charge is 0.361 e. The van der Waals surface area contributed by atoms with Crippen molar-refractivity contribution >= 4 is 10.9 Å². The van der Waals surface area contributed by atoms with Gasteiger partial charge in [0.2, 0.25) is 0 Å². The van der Waals surface area contributed by atoms with Gasteiger partial charge in [0.25, 0.3) is 0 Å². The van der Waals surface area contributed by atoms with Crippen molar-refractivity contribution < 1.29 is 0 Å². The molecule has 0 saturated heterocycles. The molecule has 1 fully saturated rings. The molecule has 0 aliphatic heterocycles. The van der Waals surface area contributed by atoms with Crippen LogP contribution in [0.1, 0.15) is 24.0 Å². The second-order valence-electron chi connectivity index (χ2n) is 4.47. The number of aromatic amines is 1. The number of hydrogen-bond acceptors (Lipinski definition) is 1. The maximum absolute atomic E-state index is 3.56. The van der Waals surface area contributed by atoms with E-state index in [-0.39, 0.29) is 0 Å². The first-order valence-electron chi connectivity index (χ1n) is 5.63. The van der Waals surface area contributed by atoms with Crippen molar-refractivity contribution in [3.63, 3.8) is 0 Å². The van der Waals surface area contributed by atoms with E-state index in [1.54, 1.807) is 0 Å². The molecule has 2 aromatic rings. The van der Waals surface area contributed by atoms with E-state index in [1.807, 2.05) is 0 Å². The highest BCUT2D eigenvalue weighted by atomic mass is 14.9. The number of aromatic nitrogens is 1. The molecule has 2 N–H and O–H groups in total. The minimum atomic E-state index is 0.777. The predicted molar refractivity (Wildman–Crippen MR) is 62.9 cm³/mol. The minimum absolute atomic E-state index is 0.777. The SMILES string of the molecule is Cc1cccc2[nH]cc(CNC3CC3)c12. The van der Waals surface area contributed by atoms with Crippen molar-refractivity contribution in [2.24, 2.45) is 0 Å². The van der Waals surface area contributed by atoms with E-state index in [4.69, 9.17) is 0 Å². The van der Waals surface area contributed by atoms with E-state index in [0.717, 1.165) is 12.6 Å². The summed E-state index contributed by atoms with van der Waals surface area (Å²) in [4.78, 5) is 3.33. The average molecular weight is 200 g/mol. The number of benzene rings is 1. The van der Waals surface area contributed by atoms with E-state index < -0.39 is 0 Å². The number of rotatable bonds is 3. The molecule has 15 heavy (non-hydrogen) atoms. The fraction of sp³-hybridized carbons (Fsp3) is 0.385. The highest BCUT2D eigenvalue weighted by molar-refractivity contribution is 5.86. The van der Waals surface area contributed by atoms with Gasteiger partial charge in [-0.1, -0.05) is 12.1 Å². The first-order chi connectivity index (χ1) is 7.34. The lowest BCUT2D eigenvalue weighted by atomic mass is 10.1. The van der Waals surface area contributed by atoms with Gasteiger partial charge < -0.3 is 10.3 Å². The Morgan fingerprint density at radius 3 is 3.07 bits per heavy atom. The van der Waals surface area contributed by atoms with Crippen LogP contribution in [0.15, 0.2) is 24.4 Å². The highest BCUT2D eigenvalue weighted by Gasteiger charge is 2.20. The third-order valence-corrected chi connectivity index (χ3v) is 3.15. The van der Waals surface area contributed by atoms with Crippen molar-refractivity contribution in [1.29, 1.82) is 0 Å². The third kappa shape index (κ3) is 1.65. The Hall–Kier alpha value is -1.28. The van der Waals surface area contributed by atoms with E-state index in [1.165, 1.54) is 34.9 Å². The summed E-state index contributed by atoms with van der Waals surface area (Å²) >= 11 is 0. The molecule has 0 unspecified atom stereocenters. The lowest BCUT2D eigenvalue weighted by Gasteiger charge is -2.03. The van der Waals surface area contributed by atoms with Crippen LogP contribution in [-0.2, 0) is 6.54 Å². The van der Waals surface area contributed by atoms with Gasteiger partial charge in [0.15, 0.2) is 0 Å². The Labute approximate surface area is 89.7 Å². The molecule has 0 bridgehead atoms. The molecule has 2 nitrogen and oxygen atoms in total. The summed E-state index contributed by atoms with van der Waals surface area (Å²) in [5, 5.41) is 4.95. The van der Waals surface area contributed by atoms with Crippen LogP contribution in [0.25, 0.3) is 10.9 Å². The molecule has 2 heteroatoms. The van der Waals surface area contributed by atoms with Gasteiger partial charge in [-0.3, -0.25) is 0 Å². The van der Waals surface area contributed by atoms with Crippen LogP contribution in [0.4, 0.5) is 0 Å². The molecule has 0 amide bonds. The second-order valence-corrected chi connectivity index (χ2v) is 4.47. The van der Waals surface area contributed by atoms with Gasteiger partial charge >= 0.3 is 0 Å². The zero-order valence-corrected chi connectivity index (χ0v) is 9.01. The van der Waals surface area contributed by atoms with Crippen molar-refractivity contribution in [2.75, 3.05) is 0 Å². The maximum Gasteiger partial charge on any atom is 0.0459 e. The Balaban J connectivity index is 1.94. The molecule has 3 rings (SSSR count). The molecule has 1 heterocycles. The standard InChI is InChI=1S/C13H16N2/c1-9-3-2-4-12-13(9)10(8-15-12)7-14-11-5-6-11/h2-4,8,11,14-15H,5-7H2,1H3. The van der Waals surface area contributed by atoms with Gasteiger partial charge in [0.1, 0.15) is 0 Å². The summed E-state index contributed by atoms with van der Waals surface area (Å²) < 4.78 is 0. The Kier molecular flexibility index (Phi) is 2.03. The molecule has 1 aliphatic carbocycles. The van der Waals surface area contributed by atoms with Gasteiger partial charge in [0.05, 0.1) is 0 Å². The van der Waals surface area contributed by atoms with Crippen molar-refractivity contribution in [3.05, 3.63) is 35.5 Å². The topological polar surface area (TPSA) is 27.8 Å². The van der Waals surface area contributed by atoms with Crippen LogP contribution in [0.3, 0.4) is 0 Å². The number of aryl methyl sites for hydroxylation is 1. The first-order valence-corrected chi connectivity index (χ1v) is 5.63. The van der Waals surface area contributed by atoms with Gasteiger partial charge in [0, 0.05) is 29.7 Å². The summed E-state index contributed by atoms with van der Waals surface area (Å²) in [6, 6.07) is 7.20. The van der Waals surface area contributed by atoms with Crippen LogP contribution in [0, 0.1) is 6.92 Å². The molecule has 0 spiro atoms. The maximum atomic E-state index is 3.56. The second kappa shape index (κ2) is 3.38. The molecular weight excluding hydrogens is 184 g/mol. The molecule has 1 aromatic carbocycles. The molecule has 1 saturated carbocycles. The summed E-state index contributed by atoms with van der Waals surface area (Å²) in [5.74, 6) is 0. The van der Waals surface area contributed by atoms with Gasteiger partial charge in [-0.05, 0) is 37.0 Å². The van der Waals surface area contributed by atoms with Crippen LogP contribution in [0.2, 0.25) is 0 Å². The van der Waals surface area contributed by atoms with Crippen LogP contribution >= 0.6 is 0 Å². The summed E-state index contributed by atoms with van der Waals surface area (Å²) in [6.07, 6.45) is 4.83. The molecule has 1 aromatic heterocycles. The minimum Gasteiger partial charge on any atom is -0.361 e. The first kappa shape index (κ1) is 8.98. The van der Waals surface area contributed by atoms with Crippen LogP contribution in [-0.4, -0.2) is 11.0 Å². The van der Waals surface area contributed by atoms with E-state index in [2.05, 4.69) is 41.6 Å². The predicted octanol–water partition coefficient (Wildman–Crippen LogP) is 2.73. The average Bonchev–Trinajstić information content (AvgIpc) is 2.96.